The van der Waals surface area contributed by atoms with E-state index in [1.165, 1.54) is 35.2 Å². The van der Waals surface area contributed by atoms with Gasteiger partial charge in [0.2, 0.25) is 0 Å². The predicted molar refractivity (Wildman–Crippen MR) is 68.1 cm³/mol. The minimum Gasteiger partial charge on any atom is -0.508 e. The van der Waals surface area contributed by atoms with Crippen molar-refractivity contribution < 1.29 is 10.2 Å². The monoisotopic (exact) mass is 227 g/mol. The van der Waals surface area contributed by atoms with Crippen molar-refractivity contribution in [1.82, 2.24) is 4.98 Å². The number of aromatic hydroxyl groups is 2. The van der Waals surface area contributed by atoms with Gasteiger partial charge in [-0.2, -0.15) is 0 Å². The van der Waals surface area contributed by atoms with Crippen LogP contribution in [0.25, 0.3) is 10.9 Å². The lowest BCUT2D eigenvalue weighted by molar-refractivity contribution is 0.460. The molecule has 0 fully saturated rings. The average Bonchev–Trinajstić information content (AvgIpc) is 2.82. The van der Waals surface area contributed by atoms with E-state index >= 15 is 0 Å². The van der Waals surface area contributed by atoms with Crippen LogP contribution in [0, 0.1) is 0 Å². The molecule has 1 aromatic heterocycles. The first-order valence-electron chi connectivity index (χ1n) is 5.26. The van der Waals surface area contributed by atoms with Crippen LogP contribution in [0.5, 0.6) is 11.5 Å². The molecular weight excluding hydrogens is 214 g/mol. The van der Waals surface area contributed by atoms with Crippen LogP contribution in [0.4, 0.5) is 0 Å². The smallest absolute Gasteiger partial charge is 0.115 e. The highest BCUT2D eigenvalue weighted by Crippen LogP contribution is 2.13. The van der Waals surface area contributed by atoms with Crippen molar-refractivity contribution in [2.45, 2.75) is 0 Å². The van der Waals surface area contributed by atoms with Crippen LogP contribution in [0.15, 0.2) is 60.8 Å². The second-order valence-corrected chi connectivity index (χ2v) is 3.58. The first kappa shape index (κ1) is 11.1. The average molecular weight is 227 g/mol. The van der Waals surface area contributed by atoms with Gasteiger partial charge in [-0.25, -0.2) is 0 Å². The summed E-state index contributed by atoms with van der Waals surface area (Å²) in [7, 11) is 0. The molecule has 3 nitrogen and oxygen atoms in total. The van der Waals surface area contributed by atoms with Crippen molar-refractivity contribution in [3.8, 4) is 11.5 Å². The molecule has 0 saturated carbocycles. The normalized spacial score (nSPS) is 9.65. The van der Waals surface area contributed by atoms with Crippen LogP contribution in [0.1, 0.15) is 0 Å². The molecule has 0 spiro atoms. The molecule has 0 aliphatic heterocycles. The molecule has 3 rings (SSSR count). The zero-order valence-electron chi connectivity index (χ0n) is 9.17. The summed E-state index contributed by atoms with van der Waals surface area (Å²) in [6.07, 6.45) is 1.95. The van der Waals surface area contributed by atoms with E-state index in [1.807, 2.05) is 18.3 Å². The maximum Gasteiger partial charge on any atom is 0.115 e. The van der Waals surface area contributed by atoms with Crippen LogP contribution in [-0.4, -0.2) is 15.2 Å². The van der Waals surface area contributed by atoms with E-state index in [0.29, 0.717) is 0 Å². The molecule has 0 unspecified atom stereocenters. The highest BCUT2D eigenvalue weighted by molar-refractivity contribution is 5.78. The van der Waals surface area contributed by atoms with E-state index < -0.39 is 0 Å². The Morgan fingerprint density at radius 1 is 0.706 bits per heavy atom. The van der Waals surface area contributed by atoms with Crippen molar-refractivity contribution in [2.75, 3.05) is 0 Å². The summed E-state index contributed by atoms with van der Waals surface area (Å²) in [5, 5.41) is 18.6. The van der Waals surface area contributed by atoms with Gasteiger partial charge >= 0.3 is 0 Å². The summed E-state index contributed by atoms with van der Waals surface area (Å²) < 4.78 is 0. The molecule has 1 heterocycles. The Morgan fingerprint density at radius 3 is 1.88 bits per heavy atom. The molecule has 86 valence electrons. The van der Waals surface area contributed by atoms with Gasteiger partial charge in [-0.05, 0) is 41.8 Å². The zero-order chi connectivity index (χ0) is 12.1. The maximum absolute atomic E-state index is 8.65. The molecule has 0 aliphatic carbocycles. The molecule has 0 saturated heterocycles. The summed E-state index contributed by atoms with van der Waals surface area (Å²) in [6, 6.07) is 16.0. The van der Waals surface area contributed by atoms with Gasteiger partial charge in [-0.1, -0.05) is 18.2 Å². The third-order valence-electron chi connectivity index (χ3n) is 2.31. The fraction of sp³-hybridized carbons (Fsp3) is 0. The summed E-state index contributed by atoms with van der Waals surface area (Å²) in [5.74, 6) is 0.339. The number of para-hydroxylation sites is 1. The van der Waals surface area contributed by atoms with Gasteiger partial charge in [0.25, 0.3) is 0 Å². The molecule has 0 amide bonds. The Hall–Kier alpha value is -2.42. The molecule has 0 bridgehead atoms. The van der Waals surface area contributed by atoms with E-state index in [9.17, 15) is 0 Å². The van der Waals surface area contributed by atoms with E-state index in [-0.39, 0.29) is 11.5 Å². The molecule has 17 heavy (non-hydrogen) atoms. The maximum atomic E-state index is 8.65. The van der Waals surface area contributed by atoms with Crippen LogP contribution < -0.4 is 0 Å². The van der Waals surface area contributed by atoms with Crippen LogP contribution >= 0.6 is 0 Å². The molecular formula is C14H13NO2. The second-order valence-electron chi connectivity index (χ2n) is 3.58. The lowest BCUT2D eigenvalue weighted by Crippen LogP contribution is -1.61. The van der Waals surface area contributed by atoms with Gasteiger partial charge in [-0.3, -0.25) is 0 Å². The number of rotatable bonds is 0. The topological polar surface area (TPSA) is 56.2 Å². The number of H-pyrrole nitrogens is 1. The SMILES string of the molecule is Oc1ccc(O)cc1.c1ccc2[nH]ccc2c1. The largest absolute Gasteiger partial charge is 0.508 e. The highest BCUT2D eigenvalue weighted by Gasteiger charge is 1.86. The number of fused-ring (bicyclic) bond motifs is 1. The summed E-state index contributed by atoms with van der Waals surface area (Å²) in [4.78, 5) is 3.12. The standard InChI is InChI=1S/C8H7N.C6H6O2/c1-2-4-8-7(3-1)5-6-9-8;7-5-1-2-6(8)4-3-5/h1-6,9H;1-4,7-8H. The zero-order valence-corrected chi connectivity index (χ0v) is 9.17. The fourth-order valence-corrected chi connectivity index (χ4v) is 1.45. The Balaban J connectivity index is 0.000000128. The molecule has 3 N–H and O–H groups in total. The summed E-state index contributed by atoms with van der Waals surface area (Å²) in [6.45, 7) is 0. The molecule has 2 aromatic carbocycles. The second kappa shape index (κ2) is 5.07. The van der Waals surface area contributed by atoms with E-state index in [2.05, 4.69) is 23.2 Å². The van der Waals surface area contributed by atoms with Gasteiger partial charge in [0.05, 0.1) is 0 Å². The summed E-state index contributed by atoms with van der Waals surface area (Å²) in [5.41, 5.74) is 1.21. The summed E-state index contributed by atoms with van der Waals surface area (Å²) >= 11 is 0. The highest BCUT2D eigenvalue weighted by atomic mass is 16.3. The van der Waals surface area contributed by atoms with Crippen LogP contribution in [0.3, 0.4) is 0 Å². The van der Waals surface area contributed by atoms with Crippen LogP contribution in [0.2, 0.25) is 0 Å². The number of aromatic amines is 1. The van der Waals surface area contributed by atoms with E-state index in [0.717, 1.165) is 0 Å². The van der Waals surface area contributed by atoms with E-state index in [4.69, 9.17) is 10.2 Å². The minimum absolute atomic E-state index is 0.169. The number of hydrogen-bond donors (Lipinski definition) is 3. The van der Waals surface area contributed by atoms with Crippen molar-refractivity contribution in [3.63, 3.8) is 0 Å². The minimum atomic E-state index is 0.169. The van der Waals surface area contributed by atoms with Gasteiger partial charge in [0.1, 0.15) is 11.5 Å². The van der Waals surface area contributed by atoms with Gasteiger partial charge in [0, 0.05) is 11.7 Å². The number of benzene rings is 2. The molecule has 0 aliphatic rings. The Labute approximate surface area is 99.0 Å². The van der Waals surface area contributed by atoms with Crippen molar-refractivity contribution >= 4 is 10.9 Å². The number of phenols is 2. The lowest BCUT2D eigenvalue weighted by atomic mass is 10.3. The van der Waals surface area contributed by atoms with Crippen LogP contribution in [-0.2, 0) is 0 Å². The number of nitrogens with one attached hydrogen (secondary N) is 1. The third kappa shape index (κ3) is 3.01. The quantitative estimate of drug-likeness (QED) is 0.516. The van der Waals surface area contributed by atoms with Gasteiger partial charge in [0.15, 0.2) is 0 Å². The Kier molecular flexibility index (Phi) is 3.31. The first-order valence-corrected chi connectivity index (χ1v) is 5.26. The first-order chi connectivity index (χ1) is 8.25. The lowest BCUT2D eigenvalue weighted by Gasteiger charge is -1.88. The molecule has 3 heteroatoms. The molecule has 0 atom stereocenters. The number of aromatic nitrogens is 1. The fourth-order valence-electron chi connectivity index (χ4n) is 1.45. The van der Waals surface area contributed by atoms with Crippen molar-refractivity contribution in [1.29, 1.82) is 0 Å². The molecule has 0 radical (unpaired) electrons. The number of phenolic OH excluding ortho intramolecular Hbond substituents is 2. The third-order valence-corrected chi connectivity index (χ3v) is 2.31. The van der Waals surface area contributed by atoms with Gasteiger partial charge in [-0.15, -0.1) is 0 Å². The van der Waals surface area contributed by atoms with E-state index in [1.54, 1.807) is 0 Å². The Bertz CT molecular complexity index is 533. The van der Waals surface area contributed by atoms with Crippen molar-refractivity contribution in [2.24, 2.45) is 0 Å². The Morgan fingerprint density at radius 2 is 1.29 bits per heavy atom. The number of hydrogen-bond acceptors (Lipinski definition) is 2. The van der Waals surface area contributed by atoms with Gasteiger partial charge < -0.3 is 15.2 Å². The predicted octanol–water partition coefficient (Wildman–Crippen LogP) is 3.27. The molecule has 3 aromatic rings. The van der Waals surface area contributed by atoms with Crippen molar-refractivity contribution in [3.05, 3.63) is 60.8 Å².